The average molecular weight is 430 g/mol. The Labute approximate surface area is 150 Å². The molecule has 0 amide bonds. The molecule has 0 atom stereocenters. The van der Waals surface area contributed by atoms with Gasteiger partial charge in [-0.25, -0.2) is 0 Å². The van der Waals surface area contributed by atoms with E-state index in [1.165, 1.54) is 0 Å². The van der Waals surface area contributed by atoms with Gasteiger partial charge in [0.15, 0.2) is 0 Å². The number of thiol groups is 2. The molecule has 8 nitrogen and oxygen atoms in total. The van der Waals surface area contributed by atoms with Gasteiger partial charge >= 0.3 is 151 Å². The summed E-state index contributed by atoms with van der Waals surface area (Å²) < 4.78 is 1.09. The van der Waals surface area contributed by atoms with Gasteiger partial charge in [0.2, 0.25) is 0 Å². The predicted octanol–water partition coefficient (Wildman–Crippen LogP) is 0.160. The predicted molar refractivity (Wildman–Crippen MR) is 109 cm³/mol. The first-order chi connectivity index (χ1) is 11.3. The number of nitrogens with two attached hydrogens (primary N) is 4. The van der Waals surface area contributed by atoms with Crippen LogP contribution < -0.4 is 32.6 Å². The van der Waals surface area contributed by atoms with Crippen LogP contribution in [0.1, 0.15) is 0 Å². The number of anilines is 4. The molecule has 0 unspecified atom stereocenters. The van der Waals surface area contributed by atoms with E-state index in [2.05, 4.69) is 20.3 Å². The zero-order valence-corrected chi connectivity index (χ0v) is 16.8. The summed E-state index contributed by atoms with van der Waals surface area (Å²) in [6.45, 7) is 1.06. The quantitative estimate of drug-likeness (QED) is 0.242. The van der Waals surface area contributed by atoms with Crippen LogP contribution in [0, 0.1) is 0 Å². The molecule has 2 aromatic rings. The summed E-state index contributed by atoms with van der Waals surface area (Å²) in [5.41, 5.74) is 23.5. The zero-order chi connectivity index (χ0) is 17.8. The topological polar surface area (TPSA) is 155 Å². The van der Waals surface area contributed by atoms with Crippen LogP contribution >= 0.6 is 21.8 Å². The van der Waals surface area contributed by atoms with E-state index in [-0.39, 0.29) is 17.8 Å². The van der Waals surface area contributed by atoms with Gasteiger partial charge in [-0.05, 0) is 0 Å². The van der Waals surface area contributed by atoms with E-state index in [1.807, 2.05) is 24.3 Å². The van der Waals surface area contributed by atoms with Crippen LogP contribution in [0.3, 0.4) is 0 Å². The number of hydrogen-bond donors (Lipinski definition) is 7. The summed E-state index contributed by atoms with van der Waals surface area (Å²) in [5, 5.41) is 4.56. The molecule has 0 bridgehead atoms. The van der Waals surface area contributed by atoms with Crippen LogP contribution in [0.5, 0.6) is 0 Å². The fraction of sp³-hybridized carbons (Fsp3) is 0.308. The third-order valence-corrected chi connectivity index (χ3v) is 18.3. The van der Waals surface area contributed by atoms with Crippen LogP contribution in [-0.2, 0) is 0 Å². The van der Waals surface area contributed by atoms with Crippen molar-refractivity contribution in [3.63, 3.8) is 0 Å². The Hall–Kier alpha value is -1.19. The fourth-order valence-electron chi connectivity index (χ4n) is 2.40. The normalized spacial score (nSPS) is 13.2. The van der Waals surface area contributed by atoms with Gasteiger partial charge in [0.1, 0.15) is 0 Å². The van der Waals surface area contributed by atoms with Crippen molar-refractivity contribution in [2.45, 2.75) is 10.4 Å². The zero-order valence-electron chi connectivity index (χ0n) is 13.1. The fourth-order valence-corrected chi connectivity index (χ4v) is 11.8. The molecule has 0 radical (unpaired) electrons. The molecule has 1 aromatic carbocycles. The van der Waals surface area contributed by atoms with Crippen molar-refractivity contribution in [2.75, 3.05) is 29.9 Å². The molecule has 1 aromatic heterocycles. The molecule has 11 heteroatoms. The summed E-state index contributed by atoms with van der Waals surface area (Å²) in [7, 11) is 6.65. The standard InChI is InChI=1S/C13H23AsN8S2/c15-7-5-14(23,24,6-8-16)9-1-3-10(4-2-9)19-13-21-11(17)20-12(18)22-13/h1-4,23-24H,5-8,15-16H2,(H5,17,18,19,20,21,22). The maximum atomic E-state index is 5.78. The molecule has 0 saturated carbocycles. The second kappa shape index (κ2) is 7.36. The van der Waals surface area contributed by atoms with Crippen LogP contribution in [-0.4, -0.2) is 38.2 Å². The van der Waals surface area contributed by atoms with Gasteiger partial charge in [-0.2, -0.15) is 0 Å². The first-order valence-corrected chi connectivity index (χ1v) is 16.7. The summed E-state index contributed by atoms with van der Waals surface area (Å²) in [6.07, 6.45) is 0. The van der Waals surface area contributed by atoms with E-state index in [0.717, 1.165) is 20.5 Å². The van der Waals surface area contributed by atoms with E-state index in [4.69, 9.17) is 44.7 Å². The molecule has 24 heavy (non-hydrogen) atoms. The second-order valence-electron chi connectivity index (χ2n) is 5.47. The van der Waals surface area contributed by atoms with Gasteiger partial charge in [0.05, 0.1) is 0 Å². The molecule has 0 saturated heterocycles. The molecule has 0 aliphatic carbocycles. The molecule has 0 fully saturated rings. The van der Waals surface area contributed by atoms with Crippen molar-refractivity contribution in [1.29, 1.82) is 0 Å². The number of nitrogens with one attached hydrogen (secondary N) is 1. The van der Waals surface area contributed by atoms with E-state index in [1.54, 1.807) is 0 Å². The van der Waals surface area contributed by atoms with Crippen molar-refractivity contribution in [1.82, 2.24) is 15.0 Å². The molecule has 1 heterocycles. The summed E-state index contributed by atoms with van der Waals surface area (Å²) in [5.74, 6) is 0.409. The van der Waals surface area contributed by atoms with E-state index < -0.39 is 10.1 Å². The Kier molecular flexibility index (Phi) is 5.87. The summed E-state index contributed by atoms with van der Waals surface area (Å²) >= 11 is 0. The summed E-state index contributed by atoms with van der Waals surface area (Å²) in [4.78, 5) is 11.7. The maximum absolute atomic E-state index is 5.78. The number of benzene rings is 1. The molecular weight excluding hydrogens is 407 g/mol. The third kappa shape index (κ3) is 4.46. The third-order valence-electron chi connectivity index (χ3n) is 3.59. The molecule has 0 aliphatic heterocycles. The first kappa shape index (κ1) is 19.1. The van der Waals surface area contributed by atoms with Crippen LogP contribution in [0.15, 0.2) is 24.3 Å². The number of nitrogen functional groups attached to an aromatic ring is 2. The Balaban J connectivity index is 2.26. The second-order valence-corrected chi connectivity index (χ2v) is 26.0. The van der Waals surface area contributed by atoms with Crippen molar-refractivity contribution in [3.8, 4) is 0 Å². The van der Waals surface area contributed by atoms with Gasteiger partial charge in [0, 0.05) is 0 Å². The number of aromatic nitrogens is 3. The first-order valence-electron chi connectivity index (χ1n) is 7.31. The molecule has 0 spiro atoms. The number of rotatable bonds is 7. The van der Waals surface area contributed by atoms with E-state index in [9.17, 15) is 0 Å². The van der Waals surface area contributed by atoms with Gasteiger partial charge < -0.3 is 0 Å². The van der Waals surface area contributed by atoms with Gasteiger partial charge in [-0.1, -0.05) is 0 Å². The number of hydrogen-bond acceptors (Lipinski definition) is 10. The minimum absolute atomic E-state index is 0.0609. The Morgan fingerprint density at radius 1 is 0.875 bits per heavy atom. The van der Waals surface area contributed by atoms with E-state index >= 15 is 0 Å². The van der Waals surface area contributed by atoms with Crippen molar-refractivity contribution >= 4 is 59.8 Å². The number of nitrogens with zero attached hydrogens (tertiary/aromatic N) is 3. The van der Waals surface area contributed by atoms with Gasteiger partial charge in [0.25, 0.3) is 0 Å². The van der Waals surface area contributed by atoms with Gasteiger partial charge in [-0.3, -0.25) is 0 Å². The molecule has 9 N–H and O–H groups in total. The molecular formula is C13H23AsN8S2. The van der Waals surface area contributed by atoms with E-state index in [0.29, 0.717) is 13.1 Å². The molecule has 0 aliphatic rings. The van der Waals surface area contributed by atoms with Crippen LogP contribution in [0.4, 0.5) is 23.5 Å². The Morgan fingerprint density at radius 3 is 1.83 bits per heavy atom. The van der Waals surface area contributed by atoms with Crippen molar-refractivity contribution in [3.05, 3.63) is 24.3 Å². The van der Waals surface area contributed by atoms with Gasteiger partial charge in [-0.15, -0.1) is 0 Å². The Morgan fingerprint density at radius 2 is 1.38 bits per heavy atom. The molecule has 132 valence electrons. The average Bonchev–Trinajstić information content (AvgIpc) is 2.47. The van der Waals surface area contributed by atoms with Crippen molar-refractivity contribution < 1.29 is 0 Å². The molecule has 2 rings (SSSR count). The van der Waals surface area contributed by atoms with Crippen LogP contribution in [0.2, 0.25) is 10.4 Å². The Bertz CT molecular complexity index is 679. The SMILES string of the molecule is NCC[As](S)(S)(CCN)c1ccc(Nc2nc(N)nc(N)n2)cc1. The minimum atomic E-state index is -3.32. The summed E-state index contributed by atoms with van der Waals surface area (Å²) in [6, 6.07) is 7.80. The van der Waals surface area contributed by atoms with Crippen molar-refractivity contribution in [2.24, 2.45) is 11.5 Å². The van der Waals surface area contributed by atoms with Crippen LogP contribution in [0.25, 0.3) is 0 Å². The monoisotopic (exact) mass is 430 g/mol.